The fourth-order valence-electron chi connectivity index (χ4n) is 2.42. The zero-order valence-electron chi connectivity index (χ0n) is 13.7. The third-order valence-electron chi connectivity index (χ3n) is 3.45. The van der Waals surface area contributed by atoms with Gasteiger partial charge in [-0.3, -0.25) is 4.79 Å². The van der Waals surface area contributed by atoms with Crippen LogP contribution in [0.5, 0.6) is 0 Å². The van der Waals surface area contributed by atoms with E-state index < -0.39 is 34.8 Å². The van der Waals surface area contributed by atoms with Gasteiger partial charge in [0.05, 0.1) is 6.04 Å². The number of likely N-dealkylation sites (tertiary alicyclic amines) is 1. The van der Waals surface area contributed by atoms with E-state index in [4.69, 9.17) is 4.74 Å². The summed E-state index contributed by atoms with van der Waals surface area (Å²) >= 11 is 1.71. The molecule has 24 heavy (non-hydrogen) atoms. The highest BCUT2D eigenvalue weighted by Gasteiger charge is 2.32. The van der Waals surface area contributed by atoms with E-state index in [2.05, 4.69) is 5.32 Å². The largest absolute Gasteiger partial charge is 0.444 e. The van der Waals surface area contributed by atoms with Crippen LogP contribution in [0.25, 0.3) is 0 Å². The number of ether oxygens (including phenoxy) is 1. The number of amides is 2. The van der Waals surface area contributed by atoms with Crippen LogP contribution in [0.3, 0.4) is 0 Å². The smallest absolute Gasteiger partial charge is 0.407 e. The summed E-state index contributed by atoms with van der Waals surface area (Å²) in [7, 11) is 0. The second kappa shape index (κ2) is 7.20. The molecule has 8 heteroatoms. The molecule has 1 fully saturated rings. The zero-order chi connectivity index (χ0) is 18.1. The molecule has 0 aromatic heterocycles. The first-order valence-electron chi connectivity index (χ1n) is 7.51. The third-order valence-corrected chi connectivity index (χ3v) is 4.29. The Kier molecular flexibility index (Phi) is 5.67. The Labute approximate surface area is 152 Å². The minimum atomic E-state index is -0.888. The van der Waals surface area contributed by atoms with Crippen molar-refractivity contribution in [3.63, 3.8) is 0 Å². The number of carbonyl (C=O) groups excluding carboxylic acids is 2. The lowest BCUT2D eigenvalue weighted by Gasteiger charge is -2.22. The van der Waals surface area contributed by atoms with Crippen molar-refractivity contribution in [2.75, 3.05) is 13.1 Å². The lowest BCUT2D eigenvalue weighted by atomic mass is 10.1. The molecule has 0 radical (unpaired) electrons. The highest BCUT2D eigenvalue weighted by Crippen LogP contribution is 2.22. The Hall–Kier alpha value is -1.45. The Morgan fingerprint density at radius 1 is 1.33 bits per heavy atom. The number of hydrogen-bond acceptors (Lipinski definition) is 3. The normalized spacial score (nSPS) is 17.8. The number of hydrogen-bond donors (Lipinski definition) is 1. The van der Waals surface area contributed by atoms with Gasteiger partial charge in [0.15, 0.2) is 5.82 Å². The number of alkyl carbamates (subject to hydrolysis) is 1. The van der Waals surface area contributed by atoms with Crippen LogP contribution in [0.1, 0.15) is 37.6 Å². The van der Waals surface area contributed by atoms with Crippen molar-refractivity contribution in [3.8, 4) is 0 Å². The molecule has 0 spiro atoms. The molecule has 1 unspecified atom stereocenters. The lowest BCUT2D eigenvalue weighted by molar-refractivity contribution is 0.0501. The molecule has 2 amide bonds. The van der Waals surface area contributed by atoms with Gasteiger partial charge < -0.3 is 15.0 Å². The first-order valence-corrected chi connectivity index (χ1v) is 8.58. The topological polar surface area (TPSA) is 58.6 Å². The van der Waals surface area contributed by atoms with Crippen molar-refractivity contribution >= 4 is 34.6 Å². The molecule has 0 aliphatic carbocycles. The zero-order valence-corrected chi connectivity index (χ0v) is 15.8. The van der Waals surface area contributed by atoms with Gasteiger partial charge in [-0.15, -0.1) is 0 Å². The minimum absolute atomic E-state index is 0.181. The van der Waals surface area contributed by atoms with Crippen LogP contribution in [0.4, 0.5) is 13.6 Å². The fraction of sp³-hybridized carbons (Fsp3) is 0.500. The molecule has 1 aliphatic heterocycles. The lowest BCUT2D eigenvalue weighted by Crippen LogP contribution is -2.41. The van der Waals surface area contributed by atoms with Crippen LogP contribution in [0.2, 0.25) is 0 Å². The summed E-state index contributed by atoms with van der Waals surface area (Å²) in [6, 6.07) is 2.04. The van der Waals surface area contributed by atoms with E-state index in [0.29, 0.717) is 13.0 Å². The Balaban J connectivity index is 2.02. The molecule has 1 aromatic rings. The first kappa shape index (κ1) is 18.9. The van der Waals surface area contributed by atoms with Gasteiger partial charge >= 0.3 is 6.09 Å². The quantitative estimate of drug-likeness (QED) is 0.554. The van der Waals surface area contributed by atoms with Gasteiger partial charge in [-0.05, 0) is 61.9 Å². The van der Waals surface area contributed by atoms with E-state index in [0.717, 1.165) is 6.07 Å². The van der Waals surface area contributed by atoms with Crippen LogP contribution in [0.15, 0.2) is 12.1 Å². The van der Waals surface area contributed by atoms with Crippen LogP contribution in [0, 0.1) is 15.2 Å². The molecule has 1 N–H and O–H groups in total. The molecule has 0 bridgehead atoms. The molecule has 1 aromatic carbocycles. The maximum atomic E-state index is 14.1. The van der Waals surface area contributed by atoms with Crippen LogP contribution in [-0.4, -0.2) is 41.6 Å². The molecule has 0 saturated carbocycles. The van der Waals surface area contributed by atoms with Gasteiger partial charge in [0.25, 0.3) is 5.91 Å². The van der Waals surface area contributed by atoms with Crippen LogP contribution in [-0.2, 0) is 4.74 Å². The molecule has 1 atom stereocenters. The maximum Gasteiger partial charge on any atom is 0.407 e. The fourth-order valence-corrected chi connectivity index (χ4v) is 2.87. The summed E-state index contributed by atoms with van der Waals surface area (Å²) in [5.41, 5.74) is -1.18. The molecule has 2 rings (SSSR count). The van der Waals surface area contributed by atoms with Crippen molar-refractivity contribution in [1.29, 1.82) is 0 Å². The average Bonchev–Trinajstić information content (AvgIpc) is 2.89. The minimum Gasteiger partial charge on any atom is -0.444 e. The van der Waals surface area contributed by atoms with Crippen molar-refractivity contribution in [3.05, 3.63) is 32.9 Å². The van der Waals surface area contributed by atoms with Gasteiger partial charge in [-0.2, -0.15) is 0 Å². The number of benzene rings is 1. The Morgan fingerprint density at radius 2 is 2.00 bits per heavy atom. The molecule has 1 heterocycles. The summed E-state index contributed by atoms with van der Waals surface area (Å²) in [6.45, 7) is 5.74. The second-order valence-electron chi connectivity index (χ2n) is 6.60. The predicted molar refractivity (Wildman–Crippen MR) is 92.8 cm³/mol. The van der Waals surface area contributed by atoms with Gasteiger partial charge in [0.2, 0.25) is 0 Å². The number of nitrogens with one attached hydrogen (secondary N) is 1. The molecule has 5 nitrogen and oxygen atoms in total. The summed E-state index contributed by atoms with van der Waals surface area (Å²) in [5, 5.41) is 2.67. The predicted octanol–water partition coefficient (Wildman–Crippen LogP) is 3.31. The number of rotatable bonds is 2. The van der Waals surface area contributed by atoms with Gasteiger partial charge in [-0.25, -0.2) is 13.6 Å². The average molecular weight is 452 g/mol. The first-order chi connectivity index (χ1) is 11.1. The van der Waals surface area contributed by atoms with E-state index in [1.54, 1.807) is 43.4 Å². The highest BCUT2D eigenvalue weighted by atomic mass is 127. The van der Waals surface area contributed by atoms with Crippen LogP contribution < -0.4 is 5.32 Å². The Morgan fingerprint density at radius 3 is 2.62 bits per heavy atom. The number of carbonyl (C=O) groups is 2. The molecular weight excluding hydrogens is 433 g/mol. The molecule has 1 saturated heterocycles. The van der Waals surface area contributed by atoms with E-state index in [9.17, 15) is 18.4 Å². The van der Waals surface area contributed by atoms with Gasteiger partial charge in [-0.1, -0.05) is 0 Å². The van der Waals surface area contributed by atoms with Gasteiger partial charge in [0, 0.05) is 16.7 Å². The van der Waals surface area contributed by atoms with E-state index in [1.165, 1.54) is 11.0 Å². The monoisotopic (exact) mass is 452 g/mol. The third kappa shape index (κ3) is 4.55. The van der Waals surface area contributed by atoms with Crippen molar-refractivity contribution < 1.29 is 23.1 Å². The van der Waals surface area contributed by atoms with E-state index in [1.807, 2.05) is 0 Å². The second-order valence-corrected chi connectivity index (χ2v) is 7.76. The van der Waals surface area contributed by atoms with Crippen molar-refractivity contribution in [2.45, 2.75) is 38.8 Å². The van der Waals surface area contributed by atoms with Crippen molar-refractivity contribution in [1.82, 2.24) is 10.2 Å². The molecular formula is C16H19F2IN2O3. The number of nitrogens with zero attached hydrogens (tertiary/aromatic N) is 1. The summed E-state index contributed by atoms with van der Waals surface area (Å²) in [5.74, 6) is -2.46. The summed E-state index contributed by atoms with van der Waals surface area (Å²) in [4.78, 5) is 25.5. The molecule has 1 aliphatic rings. The van der Waals surface area contributed by atoms with Gasteiger partial charge in [0.1, 0.15) is 17.0 Å². The van der Waals surface area contributed by atoms with E-state index in [-0.39, 0.29) is 16.2 Å². The summed E-state index contributed by atoms with van der Waals surface area (Å²) < 4.78 is 33.3. The maximum absolute atomic E-state index is 14.1. The SMILES string of the molecule is CC(C)(C)OC(=O)NC1CCN(C(=O)c2c(F)ccc(I)c2F)C1. The van der Waals surface area contributed by atoms with Crippen molar-refractivity contribution in [2.24, 2.45) is 0 Å². The summed E-state index contributed by atoms with van der Waals surface area (Å²) in [6.07, 6.45) is -0.0774. The number of halogens is 3. The van der Waals surface area contributed by atoms with E-state index >= 15 is 0 Å². The highest BCUT2D eigenvalue weighted by molar-refractivity contribution is 14.1. The van der Waals surface area contributed by atoms with Crippen LogP contribution >= 0.6 is 22.6 Å². The molecule has 132 valence electrons. The Bertz CT molecular complexity index is 661. The standard InChI is InChI=1S/C16H19F2IN2O3/c1-16(2,3)24-15(23)20-9-6-7-21(8-9)14(22)12-10(17)4-5-11(19)13(12)18/h4-5,9H,6-8H2,1-3H3,(H,20,23).